The molecule has 3 nitrogen and oxygen atoms in total. The maximum Gasteiger partial charge on any atom is 0.170 e. The Morgan fingerprint density at radius 3 is 2.59 bits per heavy atom. The van der Waals surface area contributed by atoms with Gasteiger partial charge in [-0.2, -0.15) is 0 Å². The first-order valence-corrected chi connectivity index (χ1v) is 9.65. The zero-order valence-electron chi connectivity index (χ0n) is 14.5. The molecule has 0 saturated heterocycles. The quantitative estimate of drug-likeness (QED) is 0.364. The Labute approximate surface area is 176 Å². The smallest absolute Gasteiger partial charge is 0.170 e. The summed E-state index contributed by atoms with van der Waals surface area (Å²) >= 11 is 15.7. The molecule has 0 atom stereocenters. The maximum absolute atomic E-state index is 6.24. The number of hydrogen-bond donors (Lipinski definition) is 0. The summed E-state index contributed by atoms with van der Waals surface area (Å²) in [4.78, 5) is 4.55. The van der Waals surface area contributed by atoms with Gasteiger partial charge in [0.05, 0.1) is 12.8 Å². The highest BCUT2D eigenvalue weighted by Crippen LogP contribution is 2.33. The van der Waals surface area contributed by atoms with Gasteiger partial charge in [-0.3, -0.25) is 4.99 Å². The van der Waals surface area contributed by atoms with E-state index in [0.717, 1.165) is 21.3 Å². The van der Waals surface area contributed by atoms with Gasteiger partial charge in [-0.15, -0.1) is 0 Å². The summed E-state index contributed by atoms with van der Waals surface area (Å²) in [7, 11) is 1.60. The minimum Gasteiger partial charge on any atom is -0.493 e. The monoisotopic (exact) mass is 463 g/mol. The molecule has 0 spiro atoms. The number of rotatable bonds is 6. The molecule has 0 amide bonds. The number of hydrogen-bond acceptors (Lipinski definition) is 3. The Morgan fingerprint density at radius 2 is 1.85 bits per heavy atom. The molecule has 3 aromatic rings. The lowest BCUT2D eigenvalue weighted by atomic mass is 10.2. The highest BCUT2D eigenvalue weighted by molar-refractivity contribution is 9.10. The van der Waals surface area contributed by atoms with Crippen LogP contribution in [0.3, 0.4) is 0 Å². The van der Waals surface area contributed by atoms with Crippen LogP contribution in [0.5, 0.6) is 11.5 Å². The summed E-state index contributed by atoms with van der Waals surface area (Å²) in [5, 5.41) is 1.14. The number of ether oxygens (including phenoxy) is 2. The van der Waals surface area contributed by atoms with E-state index < -0.39 is 0 Å². The van der Waals surface area contributed by atoms with Crippen LogP contribution in [0.2, 0.25) is 10.0 Å². The Bertz CT molecular complexity index is 976. The van der Waals surface area contributed by atoms with Crippen LogP contribution in [-0.4, -0.2) is 13.3 Å². The molecule has 3 aromatic carbocycles. The third-order valence-corrected chi connectivity index (χ3v) is 5.07. The normalized spacial score (nSPS) is 11.0. The minimum absolute atomic E-state index is 0.284. The predicted octanol–water partition coefficient (Wildman–Crippen LogP) is 7.09. The van der Waals surface area contributed by atoms with Crippen molar-refractivity contribution in [3.05, 3.63) is 86.3 Å². The average Bonchev–Trinajstić information content (AvgIpc) is 2.67. The van der Waals surface area contributed by atoms with E-state index in [-0.39, 0.29) is 6.61 Å². The van der Waals surface area contributed by atoms with Crippen LogP contribution in [0.1, 0.15) is 11.1 Å². The topological polar surface area (TPSA) is 30.8 Å². The first kappa shape index (κ1) is 19.7. The maximum atomic E-state index is 6.24. The van der Waals surface area contributed by atoms with E-state index in [2.05, 4.69) is 20.9 Å². The van der Waals surface area contributed by atoms with Crippen LogP contribution in [0.25, 0.3) is 0 Å². The largest absolute Gasteiger partial charge is 0.493 e. The highest BCUT2D eigenvalue weighted by Gasteiger charge is 2.11. The standard InChI is InChI=1S/C21H16BrCl2NO2/c1-26-20-8-4-5-14(12-25-19-7-3-2-6-17(19)22)21(20)27-13-15-9-10-16(23)11-18(15)24/h2-12H,13H2,1H3. The van der Waals surface area contributed by atoms with E-state index in [1.54, 1.807) is 25.5 Å². The van der Waals surface area contributed by atoms with Crippen molar-refractivity contribution in [3.63, 3.8) is 0 Å². The van der Waals surface area contributed by atoms with Gasteiger partial charge in [-0.05, 0) is 52.3 Å². The SMILES string of the molecule is COc1cccc(C=Nc2ccccc2Br)c1OCc1ccc(Cl)cc1Cl. The van der Waals surface area contributed by atoms with Crippen molar-refractivity contribution in [1.29, 1.82) is 0 Å². The van der Waals surface area contributed by atoms with Crippen LogP contribution in [0.4, 0.5) is 5.69 Å². The first-order valence-electron chi connectivity index (χ1n) is 8.11. The molecule has 0 aliphatic rings. The van der Waals surface area contributed by atoms with E-state index in [9.17, 15) is 0 Å². The molecule has 0 radical (unpaired) electrons. The molecule has 0 saturated carbocycles. The molecular formula is C21H16BrCl2NO2. The van der Waals surface area contributed by atoms with Gasteiger partial charge >= 0.3 is 0 Å². The second-order valence-corrected chi connectivity index (χ2v) is 7.31. The summed E-state index contributed by atoms with van der Waals surface area (Å²) in [6.45, 7) is 0.284. The van der Waals surface area contributed by atoms with Gasteiger partial charge in [0.1, 0.15) is 6.61 Å². The molecule has 0 fully saturated rings. The summed E-state index contributed by atoms with van der Waals surface area (Å²) < 4.78 is 12.4. The van der Waals surface area contributed by atoms with E-state index in [1.807, 2.05) is 48.5 Å². The molecule has 0 heterocycles. The van der Waals surface area contributed by atoms with Crippen LogP contribution >= 0.6 is 39.1 Å². The third-order valence-electron chi connectivity index (χ3n) is 3.81. The highest BCUT2D eigenvalue weighted by atomic mass is 79.9. The van der Waals surface area contributed by atoms with Gasteiger partial charge in [0.15, 0.2) is 11.5 Å². The number of aliphatic imine (C=N–C) groups is 1. The van der Waals surface area contributed by atoms with Crippen molar-refractivity contribution in [2.45, 2.75) is 6.61 Å². The van der Waals surface area contributed by atoms with Gasteiger partial charge in [-0.1, -0.05) is 47.5 Å². The predicted molar refractivity (Wildman–Crippen MR) is 115 cm³/mol. The fourth-order valence-corrected chi connectivity index (χ4v) is 3.28. The number of halogens is 3. The van der Waals surface area contributed by atoms with Crippen molar-refractivity contribution >= 4 is 51.0 Å². The molecule has 0 aliphatic heterocycles. The van der Waals surface area contributed by atoms with Gasteiger partial charge in [-0.25, -0.2) is 0 Å². The first-order chi connectivity index (χ1) is 13.1. The van der Waals surface area contributed by atoms with Crippen molar-refractivity contribution in [2.24, 2.45) is 4.99 Å². The molecule has 138 valence electrons. The third kappa shape index (κ3) is 5.04. The molecule has 0 aliphatic carbocycles. The second-order valence-electron chi connectivity index (χ2n) is 5.61. The Kier molecular flexibility index (Phi) is 6.78. The fourth-order valence-electron chi connectivity index (χ4n) is 2.43. The minimum atomic E-state index is 0.284. The molecule has 6 heteroatoms. The Morgan fingerprint density at radius 1 is 1.04 bits per heavy atom. The lowest BCUT2D eigenvalue weighted by molar-refractivity contribution is 0.284. The fraction of sp³-hybridized carbons (Fsp3) is 0.0952. The summed E-state index contributed by atoms with van der Waals surface area (Å²) in [5.74, 6) is 1.22. The van der Waals surface area contributed by atoms with E-state index in [0.29, 0.717) is 21.5 Å². The average molecular weight is 465 g/mol. The lowest BCUT2D eigenvalue weighted by Gasteiger charge is -2.14. The number of para-hydroxylation sites is 2. The van der Waals surface area contributed by atoms with Gasteiger partial charge in [0, 0.05) is 31.9 Å². The molecule has 0 aromatic heterocycles. The summed E-state index contributed by atoms with van der Waals surface area (Å²) in [6.07, 6.45) is 1.75. The van der Waals surface area contributed by atoms with Crippen molar-refractivity contribution in [3.8, 4) is 11.5 Å². The molecule has 0 unspecified atom stereocenters. The van der Waals surface area contributed by atoms with E-state index >= 15 is 0 Å². The number of benzene rings is 3. The molecular weight excluding hydrogens is 449 g/mol. The Hall–Kier alpha value is -2.01. The van der Waals surface area contributed by atoms with Gasteiger partial charge in [0.2, 0.25) is 0 Å². The van der Waals surface area contributed by atoms with Crippen LogP contribution in [0, 0.1) is 0 Å². The van der Waals surface area contributed by atoms with Crippen molar-refractivity contribution in [1.82, 2.24) is 0 Å². The Balaban J connectivity index is 1.88. The molecule has 27 heavy (non-hydrogen) atoms. The molecule has 3 rings (SSSR count). The van der Waals surface area contributed by atoms with E-state index in [4.69, 9.17) is 32.7 Å². The summed E-state index contributed by atoms with van der Waals surface area (Å²) in [6, 6.07) is 18.7. The van der Waals surface area contributed by atoms with Crippen LogP contribution < -0.4 is 9.47 Å². The number of methoxy groups -OCH3 is 1. The number of nitrogens with zero attached hydrogens (tertiary/aromatic N) is 1. The molecule has 0 bridgehead atoms. The second kappa shape index (κ2) is 9.27. The zero-order valence-corrected chi connectivity index (χ0v) is 17.6. The lowest BCUT2D eigenvalue weighted by Crippen LogP contribution is -2.01. The van der Waals surface area contributed by atoms with Crippen molar-refractivity contribution < 1.29 is 9.47 Å². The molecule has 0 N–H and O–H groups in total. The van der Waals surface area contributed by atoms with Gasteiger partial charge in [0.25, 0.3) is 0 Å². The van der Waals surface area contributed by atoms with E-state index in [1.165, 1.54) is 0 Å². The van der Waals surface area contributed by atoms with Crippen LogP contribution in [-0.2, 0) is 6.61 Å². The summed E-state index contributed by atoms with van der Waals surface area (Å²) in [5.41, 5.74) is 2.46. The van der Waals surface area contributed by atoms with Crippen molar-refractivity contribution in [2.75, 3.05) is 7.11 Å². The van der Waals surface area contributed by atoms with Gasteiger partial charge < -0.3 is 9.47 Å². The van der Waals surface area contributed by atoms with Crippen LogP contribution in [0.15, 0.2) is 70.1 Å². The zero-order chi connectivity index (χ0) is 19.2.